The van der Waals surface area contributed by atoms with Crippen LogP contribution in [0.5, 0.6) is 0 Å². The summed E-state index contributed by atoms with van der Waals surface area (Å²) < 4.78 is 1.01. The molecule has 1 aliphatic rings. The van der Waals surface area contributed by atoms with Crippen LogP contribution in [0.4, 0.5) is 0 Å². The molecule has 1 aromatic rings. The van der Waals surface area contributed by atoms with Crippen LogP contribution in [0.1, 0.15) is 31.7 Å². The van der Waals surface area contributed by atoms with Crippen molar-refractivity contribution in [3.05, 3.63) is 33.3 Å². The molecule has 1 fully saturated rings. The maximum absolute atomic E-state index is 6.06. The van der Waals surface area contributed by atoms with E-state index in [1.54, 1.807) is 0 Å². The number of halogens is 2. The number of benzene rings is 1. The third-order valence-corrected chi connectivity index (χ3v) is 4.97. The molecule has 1 aromatic carbocycles. The summed E-state index contributed by atoms with van der Waals surface area (Å²) in [7, 11) is 0. The number of hydrogen-bond donors (Lipinski definition) is 1. The molecule has 17 heavy (non-hydrogen) atoms. The first-order chi connectivity index (χ1) is 8.09. The van der Waals surface area contributed by atoms with Gasteiger partial charge in [0.15, 0.2) is 0 Å². The van der Waals surface area contributed by atoms with E-state index >= 15 is 0 Å². The summed E-state index contributed by atoms with van der Waals surface area (Å²) in [5, 5.41) is 4.30. The van der Waals surface area contributed by atoms with E-state index in [-0.39, 0.29) is 0 Å². The molecular formula is C14H19BrClN. The summed E-state index contributed by atoms with van der Waals surface area (Å²) >= 11 is 9.58. The molecular weight excluding hydrogens is 298 g/mol. The predicted molar refractivity (Wildman–Crippen MR) is 77.7 cm³/mol. The molecule has 1 nitrogen and oxygen atoms in total. The van der Waals surface area contributed by atoms with Gasteiger partial charge in [-0.25, -0.2) is 0 Å². The standard InChI is InChI=1S/C14H19BrClN/c1-9(2)12-8-17-6-5-11(12)10-3-4-14(16)13(15)7-10/h3-4,7,9,11-12,17H,5-6,8H2,1-2H3. The van der Waals surface area contributed by atoms with Crippen LogP contribution in [0.2, 0.25) is 5.02 Å². The monoisotopic (exact) mass is 315 g/mol. The summed E-state index contributed by atoms with van der Waals surface area (Å²) in [5.74, 6) is 2.09. The van der Waals surface area contributed by atoms with Crippen LogP contribution in [0.15, 0.2) is 22.7 Å². The van der Waals surface area contributed by atoms with Crippen molar-refractivity contribution >= 4 is 27.5 Å². The Morgan fingerprint density at radius 2 is 2.18 bits per heavy atom. The first-order valence-electron chi connectivity index (χ1n) is 6.25. The van der Waals surface area contributed by atoms with Gasteiger partial charge in [0.05, 0.1) is 5.02 Å². The smallest absolute Gasteiger partial charge is 0.0548 e. The van der Waals surface area contributed by atoms with E-state index in [1.165, 1.54) is 12.0 Å². The largest absolute Gasteiger partial charge is 0.316 e. The van der Waals surface area contributed by atoms with E-state index < -0.39 is 0 Å². The molecule has 1 heterocycles. The molecule has 0 saturated carbocycles. The molecule has 1 saturated heterocycles. The number of piperidine rings is 1. The van der Waals surface area contributed by atoms with Crippen LogP contribution in [0, 0.1) is 11.8 Å². The second-order valence-electron chi connectivity index (χ2n) is 5.18. The Hall–Kier alpha value is -0.0500. The number of hydrogen-bond acceptors (Lipinski definition) is 1. The molecule has 0 aliphatic carbocycles. The number of rotatable bonds is 2. The van der Waals surface area contributed by atoms with Crippen molar-refractivity contribution in [3.8, 4) is 0 Å². The van der Waals surface area contributed by atoms with E-state index in [4.69, 9.17) is 11.6 Å². The molecule has 2 atom stereocenters. The second kappa shape index (κ2) is 5.73. The van der Waals surface area contributed by atoms with Crippen LogP contribution < -0.4 is 5.32 Å². The first-order valence-corrected chi connectivity index (χ1v) is 7.42. The van der Waals surface area contributed by atoms with E-state index in [1.807, 2.05) is 6.07 Å². The van der Waals surface area contributed by atoms with E-state index in [2.05, 4.69) is 47.2 Å². The summed E-state index contributed by atoms with van der Waals surface area (Å²) in [5.41, 5.74) is 1.42. The van der Waals surface area contributed by atoms with Gasteiger partial charge in [-0.05, 0) is 70.9 Å². The Kier molecular flexibility index (Phi) is 4.51. The highest BCUT2D eigenvalue weighted by Crippen LogP contribution is 2.37. The van der Waals surface area contributed by atoms with Gasteiger partial charge >= 0.3 is 0 Å². The van der Waals surface area contributed by atoms with Gasteiger partial charge < -0.3 is 5.32 Å². The van der Waals surface area contributed by atoms with Crippen molar-refractivity contribution in [3.63, 3.8) is 0 Å². The molecule has 2 rings (SSSR count). The van der Waals surface area contributed by atoms with Gasteiger partial charge in [-0.3, -0.25) is 0 Å². The second-order valence-corrected chi connectivity index (χ2v) is 6.44. The van der Waals surface area contributed by atoms with Gasteiger partial charge in [-0.1, -0.05) is 31.5 Å². The zero-order valence-electron chi connectivity index (χ0n) is 10.3. The van der Waals surface area contributed by atoms with Gasteiger partial charge in [-0.2, -0.15) is 0 Å². The fourth-order valence-electron chi connectivity index (χ4n) is 2.74. The van der Waals surface area contributed by atoms with Crippen molar-refractivity contribution in [2.75, 3.05) is 13.1 Å². The van der Waals surface area contributed by atoms with E-state index in [9.17, 15) is 0 Å². The average Bonchev–Trinajstić information content (AvgIpc) is 2.32. The lowest BCUT2D eigenvalue weighted by molar-refractivity contribution is 0.255. The lowest BCUT2D eigenvalue weighted by atomic mass is 9.75. The fraction of sp³-hybridized carbons (Fsp3) is 0.571. The third-order valence-electron chi connectivity index (χ3n) is 3.76. The summed E-state index contributed by atoms with van der Waals surface area (Å²) in [6.45, 7) is 6.88. The van der Waals surface area contributed by atoms with Crippen molar-refractivity contribution in [1.82, 2.24) is 5.32 Å². The molecule has 1 aliphatic heterocycles. The molecule has 2 unspecified atom stereocenters. The predicted octanol–water partition coefficient (Wildman–Crippen LogP) is 4.45. The quantitative estimate of drug-likeness (QED) is 0.850. The van der Waals surface area contributed by atoms with E-state index in [0.29, 0.717) is 11.8 Å². The Bertz CT molecular complexity index is 392. The van der Waals surface area contributed by atoms with Crippen LogP contribution in [0.25, 0.3) is 0 Å². The topological polar surface area (TPSA) is 12.0 Å². The SMILES string of the molecule is CC(C)C1CNCCC1c1ccc(Cl)c(Br)c1. The highest BCUT2D eigenvalue weighted by molar-refractivity contribution is 9.10. The highest BCUT2D eigenvalue weighted by atomic mass is 79.9. The molecule has 94 valence electrons. The van der Waals surface area contributed by atoms with E-state index in [0.717, 1.165) is 28.5 Å². The minimum absolute atomic E-state index is 0.657. The van der Waals surface area contributed by atoms with Gasteiger partial charge in [0, 0.05) is 4.47 Å². The summed E-state index contributed by atoms with van der Waals surface area (Å²) in [6, 6.07) is 6.37. The lowest BCUT2D eigenvalue weighted by Crippen LogP contribution is -2.38. The van der Waals surface area contributed by atoms with Gasteiger partial charge in [-0.15, -0.1) is 0 Å². The molecule has 1 N–H and O–H groups in total. The zero-order valence-corrected chi connectivity index (χ0v) is 12.7. The normalized spacial score (nSPS) is 25.2. The summed E-state index contributed by atoms with van der Waals surface area (Å²) in [4.78, 5) is 0. The third kappa shape index (κ3) is 3.04. The maximum Gasteiger partial charge on any atom is 0.0548 e. The minimum atomic E-state index is 0.657. The average molecular weight is 317 g/mol. The van der Waals surface area contributed by atoms with Crippen molar-refractivity contribution < 1.29 is 0 Å². The summed E-state index contributed by atoms with van der Waals surface area (Å²) in [6.07, 6.45) is 1.22. The Labute approximate surface area is 117 Å². The van der Waals surface area contributed by atoms with Crippen molar-refractivity contribution in [2.24, 2.45) is 11.8 Å². The minimum Gasteiger partial charge on any atom is -0.316 e. The molecule has 0 spiro atoms. The molecule has 0 amide bonds. The fourth-order valence-corrected chi connectivity index (χ4v) is 3.25. The van der Waals surface area contributed by atoms with Crippen LogP contribution in [-0.4, -0.2) is 13.1 Å². The van der Waals surface area contributed by atoms with Gasteiger partial charge in [0.25, 0.3) is 0 Å². The number of nitrogens with one attached hydrogen (secondary N) is 1. The maximum atomic E-state index is 6.06. The zero-order chi connectivity index (χ0) is 12.4. The van der Waals surface area contributed by atoms with Crippen LogP contribution in [-0.2, 0) is 0 Å². The Morgan fingerprint density at radius 1 is 1.41 bits per heavy atom. The molecule has 3 heteroatoms. The Balaban J connectivity index is 2.26. The molecule has 0 radical (unpaired) electrons. The van der Waals surface area contributed by atoms with Crippen LogP contribution >= 0.6 is 27.5 Å². The van der Waals surface area contributed by atoms with Crippen LogP contribution in [0.3, 0.4) is 0 Å². The lowest BCUT2D eigenvalue weighted by Gasteiger charge is -2.35. The van der Waals surface area contributed by atoms with Gasteiger partial charge in [0.2, 0.25) is 0 Å². The molecule has 0 bridgehead atoms. The first kappa shape index (κ1) is 13.4. The Morgan fingerprint density at radius 3 is 2.82 bits per heavy atom. The highest BCUT2D eigenvalue weighted by Gasteiger charge is 2.28. The van der Waals surface area contributed by atoms with Crippen molar-refractivity contribution in [2.45, 2.75) is 26.2 Å². The molecule has 0 aromatic heterocycles. The van der Waals surface area contributed by atoms with Gasteiger partial charge in [0.1, 0.15) is 0 Å². The van der Waals surface area contributed by atoms with Crippen molar-refractivity contribution in [1.29, 1.82) is 0 Å².